The molecule has 38 heavy (non-hydrogen) atoms. The molecule has 0 radical (unpaired) electrons. The predicted molar refractivity (Wildman–Crippen MR) is 131 cm³/mol. The summed E-state index contributed by atoms with van der Waals surface area (Å²) in [6, 6.07) is 0. The Bertz CT molecular complexity index is 983. The SMILES string of the molecule is CC(=O)OC1C(NC(=O)C2C(C=C(C)C)C2(C)C)OC(C(=O)N2CCOCC2)C(OC(C)=O)C1OC(C)=O. The fraction of sp³-hybridized carbons (Fsp3) is 0.731. The fourth-order valence-corrected chi connectivity index (χ4v) is 5.17. The molecule has 1 saturated carbocycles. The number of morpholine rings is 1. The van der Waals surface area contributed by atoms with Gasteiger partial charge in [0.05, 0.1) is 19.1 Å². The summed E-state index contributed by atoms with van der Waals surface area (Å²) < 4.78 is 27.7. The monoisotopic (exact) mass is 538 g/mol. The minimum absolute atomic E-state index is 0.0212. The second-order valence-corrected chi connectivity index (χ2v) is 10.7. The first-order chi connectivity index (χ1) is 17.7. The minimum atomic E-state index is -1.45. The quantitative estimate of drug-likeness (QED) is 0.279. The molecule has 0 aromatic carbocycles. The Morgan fingerprint density at radius 3 is 1.89 bits per heavy atom. The van der Waals surface area contributed by atoms with Crippen molar-refractivity contribution in [3.05, 3.63) is 11.6 Å². The van der Waals surface area contributed by atoms with Gasteiger partial charge in [-0.2, -0.15) is 0 Å². The molecule has 2 aliphatic heterocycles. The van der Waals surface area contributed by atoms with E-state index in [1.807, 2.05) is 33.8 Å². The zero-order valence-electron chi connectivity index (χ0n) is 23.0. The maximum atomic E-state index is 13.5. The molecule has 7 unspecified atom stereocenters. The number of rotatable bonds is 7. The van der Waals surface area contributed by atoms with Gasteiger partial charge < -0.3 is 33.9 Å². The van der Waals surface area contributed by atoms with Crippen LogP contribution in [-0.4, -0.2) is 91.6 Å². The Balaban J connectivity index is 1.97. The molecular formula is C26H38N2O10. The molecule has 212 valence electrons. The Kier molecular flexibility index (Phi) is 9.19. The van der Waals surface area contributed by atoms with Crippen molar-refractivity contribution in [2.24, 2.45) is 17.3 Å². The molecule has 2 amide bonds. The summed E-state index contributed by atoms with van der Waals surface area (Å²) in [5.74, 6) is -3.60. The van der Waals surface area contributed by atoms with Crippen molar-refractivity contribution in [2.45, 2.75) is 79.1 Å². The van der Waals surface area contributed by atoms with Crippen LogP contribution >= 0.6 is 0 Å². The van der Waals surface area contributed by atoms with Crippen LogP contribution in [0.5, 0.6) is 0 Å². The maximum absolute atomic E-state index is 13.5. The van der Waals surface area contributed by atoms with E-state index < -0.39 is 60.4 Å². The number of hydrogen-bond donors (Lipinski definition) is 1. The maximum Gasteiger partial charge on any atom is 0.303 e. The molecular weight excluding hydrogens is 500 g/mol. The van der Waals surface area contributed by atoms with Crippen LogP contribution in [0.2, 0.25) is 0 Å². The third-order valence-electron chi connectivity index (χ3n) is 7.00. The van der Waals surface area contributed by atoms with Crippen molar-refractivity contribution in [3.63, 3.8) is 0 Å². The van der Waals surface area contributed by atoms with Crippen LogP contribution in [0.15, 0.2) is 11.6 Å². The van der Waals surface area contributed by atoms with Gasteiger partial charge in [-0.25, -0.2) is 0 Å². The topological polar surface area (TPSA) is 147 Å². The summed E-state index contributed by atoms with van der Waals surface area (Å²) in [5.41, 5.74) is 0.742. The third-order valence-corrected chi connectivity index (χ3v) is 7.00. The van der Waals surface area contributed by atoms with Crippen LogP contribution in [-0.2, 0) is 47.7 Å². The van der Waals surface area contributed by atoms with E-state index in [0.29, 0.717) is 13.2 Å². The molecule has 1 N–H and O–H groups in total. The molecule has 0 aromatic heterocycles. The molecule has 3 rings (SSSR count). The Morgan fingerprint density at radius 2 is 1.37 bits per heavy atom. The van der Waals surface area contributed by atoms with E-state index in [-0.39, 0.29) is 30.3 Å². The molecule has 2 saturated heterocycles. The average Bonchev–Trinajstić information content (AvgIpc) is 3.35. The molecule has 0 spiro atoms. The molecule has 3 aliphatic rings. The van der Waals surface area contributed by atoms with Crippen molar-refractivity contribution in [1.82, 2.24) is 10.2 Å². The highest BCUT2D eigenvalue weighted by molar-refractivity contribution is 5.85. The summed E-state index contributed by atoms with van der Waals surface area (Å²) in [7, 11) is 0. The average molecular weight is 539 g/mol. The summed E-state index contributed by atoms with van der Waals surface area (Å²) >= 11 is 0. The number of esters is 3. The van der Waals surface area contributed by atoms with Crippen molar-refractivity contribution in [2.75, 3.05) is 26.3 Å². The standard InChI is InChI=1S/C26H38N2O10/c1-13(2)12-17-18(26(17,6)7)23(32)27-24-21(37-16(5)31)19(35-14(3)29)20(36-15(4)30)22(38-24)25(33)28-8-10-34-11-9-28/h12,17-22,24H,8-11H2,1-7H3,(H,27,32). The van der Waals surface area contributed by atoms with E-state index in [9.17, 15) is 24.0 Å². The number of hydrogen-bond acceptors (Lipinski definition) is 10. The first-order valence-electron chi connectivity index (χ1n) is 12.7. The van der Waals surface area contributed by atoms with E-state index in [1.165, 1.54) is 4.90 Å². The number of carbonyl (C=O) groups is 5. The lowest BCUT2D eigenvalue weighted by Crippen LogP contribution is -2.68. The third kappa shape index (κ3) is 6.71. The molecule has 12 nitrogen and oxygen atoms in total. The van der Waals surface area contributed by atoms with Gasteiger partial charge in [0.25, 0.3) is 5.91 Å². The molecule has 2 heterocycles. The largest absolute Gasteiger partial charge is 0.455 e. The summed E-state index contributed by atoms with van der Waals surface area (Å²) in [4.78, 5) is 64.6. The van der Waals surface area contributed by atoms with Gasteiger partial charge in [0.1, 0.15) is 0 Å². The Labute approximate surface area is 222 Å². The van der Waals surface area contributed by atoms with Gasteiger partial charge >= 0.3 is 17.9 Å². The van der Waals surface area contributed by atoms with Crippen molar-refractivity contribution >= 4 is 29.7 Å². The van der Waals surface area contributed by atoms with Crippen LogP contribution in [0.1, 0.15) is 48.5 Å². The van der Waals surface area contributed by atoms with Crippen molar-refractivity contribution in [3.8, 4) is 0 Å². The lowest BCUT2D eigenvalue weighted by atomic mass is 9.95. The van der Waals surface area contributed by atoms with Crippen molar-refractivity contribution < 1.29 is 47.7 Å². The molecule has 12 heteroatoms. The van der Waals surface area contributed by atoms with Gasteiger partial charge in [0.15, 0.2) is 30.6 Å². The van der Waals surface area contributed by atoms with E-state index >= 15 is 0 Å². The van der Waals surface area contributed by atoms with Gasteiger partial charge in [-0.1, -0.05) is 25.5 Å². The Hall–Kier alpha value is -2.99. The van der Waals surface area contributed by atoms with E-state index in [0.717, 1.165) is 26.3 Å². The summed E-state index contributed by atoms with van der Waals surface area (Å²) in [6.07, 6.45) is -5.02. The summed E-state index contributed by atoms with van der Waals surface area (Å²) in [5, 5.41) is 2.77. The first-order valence-corrected chi connectivity index (χ1v) is 12.7. The lowest BCUT2D eigenvalue weighted by molar-refractivity contribution is -0.251. The lowest BCUT2D eigenvalue weighted by Gasteiger charge is -2.45. The number of nitrogens with zero attached hydrogens (tertiary/aromatic N) is 1. The molecule has 3 fully saturated rings. The van der Waals surface area contributed by atoms with Gasteiger partial charge in [-0.05, 0) is 25.2 Å². The zero-order valence-corrected chi connectivity index (χ0v) is 23.0. The van der Waals surface area contributed by atoms with Gasteiger partial charge in [-0.3, -0.25) is 24.0 Å². The van der Waals surface area contributed by atoms with Gasteiger partial charge in [0.2, 0.25) is 5.91 Å². The number of carbonyl (C=O) groups excluding carboxylic acids is 5. The van der Waals surface area contributed by atoms with E-state index in [2.05, 4.69) is 5.32 Å². The number of ether oxygens (including phenoxy) is 5. The van der Waals surface area contributed by atoms with Gasteiger partial charge in [0, 0.05) is 33.9 Å². The highest BCUT2D eigenvalue weighted by Crippen LogP contribution is 2.59. The van der Waals surface area contributed by atoms with Crippen LogP contribution < -0.4 is 5.32 Å². The highest BCUT2D eigenvalue weighted by Gasteiger charge is 2.62. The second-order valence-electron chi connectivity index (χ2n) is 10.7. The van der Waals surface area contributed by atoms with Crippen LogP contribution in [0.3, 0.4) is 0 Å². The van der Waals surface area contributed by atoms with Crippen molar-refractivity contribution in [1.29, 1.82) is 0 Å². The number of nitrogens with one attached hydrogen (secondary N) is 1. The minimum Gasteiger partial charge on any atom is -0.455 e. The fourth-order valence-electron chi connectivity index (χ4n) is 5.17. The highest BCUT2D eigenvalue weighted by atomic mass is 16.7. The second kappa shape index (κ2) is 11.8. The predicted octanol–water partition coefficient (Wildman–Crippen LogP) is 0.720. The van der Waals surface area contributed by atoms with Crippen LogP contribution in [0.25, 0.3) is 0 Å². The normalized spacial score (nSPS) is 31.9. The first kappa shape index (κ1) is 29.6. The smallest absolute Gasteiger partial charge is 0.303 e. The van der Waals surface area contributed by atoms with Crippen LogP contribution in [0.4, 0.5) is 0 Å². The molecule has 7 atom stereocenters. The van der Waals surface area contributed by atoms with Gasteiger partial charge in [-0.15, -0.1) is 0 Å². The number of allylic oxidation sites excluding steroid dienone is 2. The molecule has 0 aromatic rings. The molecule has 0 bridgehead atoms. The zero-order chi connectivity index (χ0) is 28.4. The number of amides is 2. The Morgan fingerprint density at radius 1 is 0.842 bits per heavy atom. The van der Waals surface area contributed by atoms with Crippen LogP contribution in [0, 0.1) is 17.3 Å². The summed E-state index contributed by atoms with van der Waals surface area (Å²) in [6.45, 7) is 12.4. The van der Waals surface area contributed by atoms with E-state index in [1.54, 1.807) is 0 Å². The molecule has 1 aliphatic carbocycles. The van der Waals surface area contributed by atoms with E-state index in [4.69, 9.17) is 23.7 Å².